The van der Waals surface area contributed by atoms with E-state index in [0.29, 0.717) is 12.2 Å². The van der Waals surface area contributed by atoms with Crippen LogP contribution in [0.3, 0.4) is 0 Å². The summed E-state index contributed by atoms with van der Waals surface area (Å²) in [5, 5.41) is 2.91. The number of amides is 1. The summed E-state index contributed by atoms with van der Waals surface area (Å²) in [5.41, 5.74) is 2.59. The van der Waals surface area contributed by atoms with E-state index < -0.39 is 0 Å². The Morgan fingerprint density at radius 3 is 2.27 bits per heavy atom. The highest BCUT2D eigenvalue weighted by Crippen LogP contribution is 2.22. The predicted molar refractivity (Wildman–Crippen MR) is 108 cm³/mol. The third-order valence-electron chi connectivity index (χ3n) is 3.79. The van der Waals surface area contributed by atoms with E-state index in [-0.39, 0.29) is 5.91 Å². The number of ether oxygens (including phenoxy) is 1. The molecule has 0 saturated heterocycles. The highest BCUT2D eigenvalue weighted by molar-refractivity contribution is 7.98. The van der Waals surface area contributed by atoms with E-state index in [1.54, 1.807) is 11.8 Å². The first kappa shape index (κ1) is 18.1. The summed E-state index contributed by atoms with van der Waals surface area (Å²) >= 11 is 1.78. The fourth-order valence-electron chi connectivity index (χ4n) is 2.44. The van der Waals surface area contributed by atoms with Gasteiger partial charge in [-0.3, -0.25) is 4.79 Å². The Morgan fingerprint density at radius 1 is 0.923 bits per heavy atom. The highest BCUT2D eigenvalue weighted by Gasteiger charge is 2.06. The number of thioether (sulfide) groups is 1. The quantitative estimate of drug-likeness (QED) is 0.553. The minimum Gasteiger partial charge on any atom is -0.494 e. The molecule has 132 valence electrons. The second kappa shape index (κ2) is 9.11. The number of hydrogen-bond acceptors (Lipinski definition) is 3. The van der Waals surface area contributed by atoms with Crippen molar-refractivity contribution in [1.82, 2.24) is 0 Å². The molecule has 0 atom stereocenters. The first-order chi connectivity index (χ1) is 12.7. The minimum atomic E-state index is -0.114. The molecule has 4 heteroatoms. The van der Waals surface area contributed by atoms with Crippen LogP contribution in [0.1, 0.15) is 22.8 Å². The molecule has 0 heterocycles. The number of benzene rings is 3. The number of hydrogen-bond donors (Lipinski definition) is 1. The van der Waals surface area contributed by atoms with Gasteiger partial charge in [-0.15, -0.1) is 11.8 Å². The Hall–Kier alpha value is -2.72. The van der Waals surface area contributed by atoms with Crippen molar-refractivity contribution in [3.05, 3.63) is 90.0 Å². The molecule has 0 saturated carbocycles. The molecule has 0 bridgehead atoms. The second-order valence-corrected chi connectivity index (χ2v) is 6.76. The summed E-state index contributed by atoms with van der Waals surface area (Å²) in [7, 11) is 0. The lowest BCUT2D eigenvalue weighted by Gasteiger charge is -2.08. The normalized spacial score (nSPS) is 10.3. The van der Waals surface area contributed by atoms with Gasteiger partial charge in [-0.05, 0) is 61.0 Å². The van der Waals surface area contributed by atoms with Crippen molar-refractivity contribution in [3.8, 4) is 5.75 Å². The molecule has 26 heavy (non-hydrogen) atoms. The van der Waals surface area contributed by atoms with Crippen LogP contribution in [0.25, 0.3) is 0 Å². The van der Waals surface area contributed by atoms with Crippen LogP contribution in [0.2, 0.25) is 0 Å². The van der Waals surface area contributed by atoms with Crippen molar-refractivity contribution in [2.45, 2.75) is 17.6 Å². The molecular weight excluding hydrogens is 342 g/mol. The molecule has 3 rings (SSSR count). The molecule has 3 nitrogen and oxygen atoms in total. The summed E-state index contributed by atoms with van der Waals surface area (Å²) in [6.45, 7) is 2.57. The van der Waals surface area contributed by atoms with Gasteiger partial charge in [0, 0.05) is 21.9 Å². The maximum Gasteiger partial charge on any atom is 0.255 e. The molecule has 0 radical (unpaired) electrons. The summed E-state index contributed by atoms with van der Waals surface area (Å²) in [5.74, 6) is 1.56. The van der Waals surface area contributed by atoms with Crippen LogP contribution in [0.5, 0.6) is 5.75 Å². The van der Waals surface area contributed by atoms with Crippen molar-refractivity contribution in [2.24, 2.45) is 0 Å². The van der Waals surface area contributed by atoms with E-state index in [9.17, 15) is 4.79 Å². The smallest absolute Gasteiger partial charge is 0.255 e. The van der Waals surface area contributed by atoms with Gasteiger partial charge in [0.05, 0.1) is 6.61 Å². The second-order valence-electron chi connectivity index (χ2n) is 5.71. The third-order valence-corrected chi connectivity index (χ3v) is 4.87. The molecule has 0 aliphatic heterocycles. The van der Waals surface area contributed by atoms with Crippen LogP contribution in [0.15, 0.2) is 83.8 Å². The van der Waals surface area contributed by atoms with Gasteiger partial charge in [-0.25, -0.2) is 0 Å². The summed E-state index contributed by atoms with van der Waals surface area (Å²) < 4.78 is 5.40. The van der Waals surface area contributed by atoms with Crippen LogP contribution in [-0.4, -0.2) is 12.5 Å². The molecule has 3 aromatic rings. The molecule has 1 amide bonds. The Bertz CT molecular complexity index is 830. The summed E-state index contributed by atoms with van der Waals surface area (Å²) in [4.78, 5) is 13.6. The topological polar surface area (TPSA) is 38.3 Å². The molecule has 0 aliphatic carbocycles. The number of carbonyl (C=O) groups excluding carboxylic acids is 1. The van der Waals surface area contributed by atoms with Crippen LogP contribution in [-0.2, 0) is 5.75 Å². The van der Waals surface area contributed by atoms with E-state index in [1.165, 1.54) is 10.5 Å². The number of rotatable bonds is 7. The zero-order valence-electron chi connectivity index (χ0n) is 14.6. The zero-order chi connectivity index (χ0) is 18.2. The molecule has 1 N–H and O–H groups in total. The van der Waals surface area contributed by atoms with Gasteiger partial charge in [0.15, 0.2) is 0 Å². The monoisotopic (exact) mass is 363 g/mol. The van der Waals surface area contributed by atoms with E-state index in [2.05, 4.69) is 17.4 Å². The van der Waals surface area contributed by atoms with Gasteiger partial charge >= 0.3 is 0 Å². The fourth-order valence-corrected chi connectivity index (χ4v) is 3.32. The van der Waals surface area contributed by atoms with Gasteiger partial charge in [0.1, 0.15) is 5.75 Å². The standard InChI is InChI=1S/C22H21NO2S/c1-2-25-20-14-12-19(13-15-20)23-22(24)18-10-8-17(9-11-18)16-26-21-6-4-3-5-7-21/h3-15H,2,16H2,1H3,(H,23,24). The molecule has 3 aromatic carbocycles. The van der Waals surface area contributed by atoms with Gasteiger partial charge in [0.25, 0.3) is 5.91 Å². The Balaban J connectivity index is 1.56. The first-order valence-electron chi connectivity index (χ1n) is 8.55. The van der Waals surface area contributed by atoms with Gasteiger partial charge in [-0.1, -0.05) is 30.3 Å². The SMILES string of the molecule is CCOc1ccc(NC(=O)c2ccc(CSc3ccccc3)cc2)cc1. The van der Waals surface area contributed by atoms with Gasteiger partial charge in [-0.2, -0.15) is 0 Å². The van der Waals surface area contributed by atoms with Crippen molar-refractivity contribution in [1.29, 1.82) is 0 Å². The molecule has 0 aliphatic rings. The van der Waals surface area contributed by atoms with Crippen molar-refractivity contribution in [3.63, 3.8) is 0 Å². The average molecular weight is 363 g/mol. The Labute approximate surface area is 158 Å². The molecule has 0 fully saturated rings. The Kier molecular flexibility index (Phi) is 6.34. The zero-order valence-corrected chi connectivity index (χ0v) is 15.5. The largest absolute Gasteiger partial charge is 0.494 e. The number of nitrogens with one attached hydrogen (secondary N) is 1. The van der Waals surface area contributed by atoms with Crippen LogP contribution >= 0.6 is 11.8 Å². The number of carbonyl (C=O) groups is 1. The van der Waals surface area contributed by atoms with E-state index >= 15 is 0 Å². The minimum absolute atomic E-state index is 0.114. The summed E-state index contributed by atoms with van der Waals surface area (Å²) in [6, 6.07) is 25.4. The van der Waals surface area contributed by atoms with Gasteiger partial charge < -0.3 is 10.1 Å². The van der Waals surface area contributed by atoms with Crippen molar-refractivity contribution in [2.75, 3.05) is 11.9 Å². The third kappa shape index (κ3) is 5.14. The average Bonchev–Trinajstić information content (AvgIpc) is 2.69. The van der Waals surface area contributed by atoms with E-state index in [1.807, 2.05) is 73.7 Å². The molecule has 0 spiro atoms. The highest BCUT2D eigenvalue weighted by atomic mass is 32.2. The number of anilines is 1. The summed E-state index contributed by atoms with van der Waals surface area (Å²) in [6.07, 6.45) is 0. The van der Waals surface area contributed by atoms with Crippen molar-refractivity contribution >= 4 is 23.4 Å². The predicted octanol–water partition coefficient (Wildman–Crippen LogP) is 5.63. The Morgan fingerprint density at radius 2 is 1.62 bits per heavy atom. The van der Waals surface area contributed by atoms with Crippen LogP contribution in [0, 0.1) is 0 Å². The lowest BCUT2D eigenvalue weighted by Crippen LogP contribution is -2.11. The van der Waals surface area contributed by atoms with E-state index in [4.69, 9.17) is 4.74 Å². The lowest BCUT2D eigenvalue weighted by atomic mass is 10.1. The molecule has 0 unspecified atom stereocenters. The van der Waals surface area contributed by atoms with E-state index in [0.717, 1.165) is 17.2 Å². The van der Waals surface area contributed by atoms with Crippen molar-refractivity contribution < 1.29 is 9.53 Å². The van der Waals surface area contributed by atoms with Crippen LogP contribution < -0.4 is 10.1 Å². The molecule has 0 aromatic heterocycles. The van der Waals surface area contributed by atoms with Crippen LogP contribution in [0.4, 0.5) is 5.69 Å². The molecular formula is C22H21NO2S. The first-order valence-corrected chi connectivity index (χ1v) is 9.54. The fraction of sp³-hybridized carbons (Fsp3) is 0.136. The maximum atomic E-state index is 12.4. The van der Waals surface area contributed by atoms with Gasteiger partial charge in [0.2, 0.25) is 0 Å². The lowest BCUT2D eigenvalue weighted by molar-refractivity contribution is 0.102. The maximum absolute atomic E-state index is 12.4.